The fourth-order valence-electron chi connectivity index (χ4n) is 1.75. The van der Waals surface area contributed by atoms with Gasteiger partial charge in [-0.15, -0.1) is 0 Å². The number of likely N-dealkylation sites (N-methyl/N-ethyl adjacent to an activating group) is 1. The molecule has 0 amide bonds. The van der Waals surface area contributed by atoms with Gasteiger partial charge in [-0.1, -0.05) is 6.07 Å². The summed E-state index contributed by atoms with van der Waals surface area (Å²) in [4.78, 5) is 2.05. The van der Waals surface area contributed by atoms with Crippen molar-refractivity contribution in [2.45, 2.75) is 12.1 Å². The van der Waals surface area contributed by atoms with E-state index in [1.165, 1.54) is 38.5 Å². The first-order valence-corrected chi connectivity index (χ1v) is 7.59. The number of benzene rings is 1. The molecule has 0 unspecified atom stereocenters. The maximum Gasteiger partial charge on any atom is 0.215 e. The molecule has 0 spiro atoms. The highest BCUT2D eigenvalue weighted by atomic mass is 32.2. The molecule has 0 atom stereocenters. The topological polar surface area (TPSA) is 65.2 Å². The summed E-state index contributed by atoms with van der Waals surface area (Å²) in [5.74, 6) is -0.449. The van der Waals surface area contributed by atoms with Crippen LogP contribution in [0.2, 0.25) is 2.82 Å². The van der Waals surface area contributed by atoms with Gasteiger partial charge in [-0.05, 0) is 50.8 Å². The molecular formula is C14H21N3O2S. The lowest BCUT2D eigenvalue weighted by molar-refractivity contribution is 0.414. The number of nitrogens with zero attached hydrogens (tertiary/aromatic N) is 1. The Hall–Kier alpha value is -1.37. The Bertz CT molecular complexity index is 924. The molecule has 1 aromatic heterocycles. The molecule has 0 aliphatic carbocycles. The minimum Gasteiger partial charge on any atom is -0.361 e. The number of aromatic amines is 1. The average Bonchev–Trinajstić information content (AvgIpc) is 2.83. The van der Waals surface area contributed by atoms with Crippen LogP contribution in [0.4, 0.5) is 0 Å². The lowest BCUT2D eigenvalue weighted by Crippen LogP contribution is -2.20. The van der Waals surface area contributed by atoms with Crippen molar-refractivity contribution < 1.29 is 16.7 Å². The number of hydrogen-bond donors (Lipinski definition) is 2. The Morgan fingerprint density at radius 2 is 2.25 bits per heavy atom. The van der Waals surface area contributed by atoms with E-state index in [1.54, 1.807) is 0 Å². The molecule has 20 heavy (non-hydrogen) atoms. The number of aryl methyl sites for hydroxylation is 1. The molecule has 0 bridgehead atoms. The van der Waals surface area contributed by atoms with E-state index in [1.807, 2.05) is 0 Å². The van der Waals surface area contributed by atoms with E-state index >= 15 is 0 Å². The van der Waals surface area contributed by atoms with Crippen LogP contribution in [0.3, 0.4) is 0 Å². The van der Waals surface area contributed by atoms with Crippen molar-refractivity contribution in [2.24, 2.45) is 0 Å². The van der Waals surface area contributed by atoms with Crippen LogP contribution >= 0.6 is 0 Å². The SMILES string of the molecule is [2H]N(C)S(=O)(=O)Cc1ccc2c(c1)c(C([2H])([2H])C([2H])([2H])N(C)C)cn2[2H]. The molecule has 1 heterocycles. The summed E-state index contributed by atoms with van der Waals surface area (Å²) in [5, 5.41) is 0.260. The number of aromatic nitrogens is 1. The molecule has 2 N–H and O–H groups in total. The highest BCUT2D eigenvalue weighted by Crippen LogP contribution is 2.21. The third kappa shape index (κ3) is 3.59. The van der Waals surface area contributed by atoms with Gasteiger partial charge in [-0.2, -0.15) is 0 Å². The van der Waals surface area contributed by atoms with E-state index in [0.717, 1.165) is 16.9 Å². The van der Waals surface area contributed by atoms with Crippen molar-refractivity contribution >= 4 is 20.9 Å². The van der Waals surface area contributed by atoms with Crippen molar-refractivity contribution in [1.82, 2.24) is 14.6 Å². The van der Waals surface area contributed by atoms with Crippen LogP contribution in [-0.2, 0) is 22.1 Å². The molecule has 0 saturated carbocycles. The zero-order valence-corrected chi connectivity index (χ0v) is 12.4. The molecule has 0 radical (unpaired) electrons. The molecule has 0 aliphatic heterocycles. The van der Waals surface area contributed by atoms with Gasteiger partial charge in [0, 0.05) is 29.1 Å². The molecule has 2 rings (SSSR count). The molecule has 6 heteroatoms. The summed E-state index contributed by atoms with van der Waals surface area (Å²) in [5.41, 5.74) is 0.615. The zero-order valence-electron chi connectivity index (χ0n) is 17.6. The number of hydrogen-bond acceptors (Lipinski definition) is 3. The first kappa shape index (κ1) is 8.81. The molecule has 0 saturated heterocycles. The number of nitrogens with one attached hydrogen (secondary N) is 2. The van der Waals surface area contributed by atoms with Crippen LogP contribution in [0.15, 0.2) is 24.4 Å². The number of rotatable bonds is 6. The average molecular weight is 301 g/mol. The highest BCUT2D eigenvalue weighted by molar-refractivity contribution is 7.88. The quantitative estimate of drug-likeness (QED) is 0.846. The number of sulfonamides is 1. The van der Waals surface area contributed by atoms with Gasteiger partial charge in [-0.3, -0.25) is 0 Å². The van der Waals surface area contributed by atoms with Gasteiger partial charge < -0.3 is 9.88 Å². The summed E-state index contributed by atoms with van der Waals surface area (Å²) >= 11 is 0. The molecule has 0 fully saturated rings. The second-order valence-corrected chi connectivity index (χ2v) is 6.38. The van der Waals surface area contributed by atoms with Gasteiger partial charge in [0.05, 0.1) is 5.75 Å². The predicted octanol–water partition coefficient (Wildman–Crippen LogP) is 1.32. The zero-order chi connectivity index (χ0) is 20.1. The van der Waals surface area contributed by atoms with Crippen molar-refractivity contribution in [2.75, 3.05) is 27.6 Å². The van der Waals surface area contributed by atoms with Crippen LogP contribution in [0.25, 0.3) is 10.9 Å². The Morgan fingerprint density at radius 1 is 1.50 bits per heavy atom. The minimum atomic E-state index is -3.83. The largest absolute Gasteiger partial charge is 0.361 e. The van der Waals surface area contributed by atoms with E-state index < -0.39 is 28.6 Å². The first-order chi connectivity index (χ1) is 11.7. The van der Waals surface area contributed by atoms with Crippen molar-refractivity contribution in [3.63, 3.8) is 0 Å². The summed E-state index contributed by atoms with van der Waals surface area (Å²) in [6.45, 7) is -2.36. The Kier molecular flexibility index (Phi) is 2.62. The Morgan fingerprint density at radius 3 is 2.90 bits per heavy atom. The standard InChI is InChI=1S/C14H21N3O2S/c1-15-20(18,19)10-11-4-5-14-13(8-11)12(9-16-14)6-7-17(2)3/h4-5,8-9,15-16H,6-7,10H2,1-3H3/i6D2,7D2/hD2. The first-order valence-electron chi connectivity index (χ1n) is 8.88. The number of H-pyrrole nitrogens is 1. The van der Waals surface area contributed by atoms with E-state index in [4.69, 9.17) is 8.31 Å². The van der Waals surface area contributed by atoms with Crippen molar-refractivity contribution in [3.8, 4) is 0 Å². The molecule has 1 aromatic carbocycles. The van der Waals surface area contributed by atoms with Gasteiger partial charge >= 0.3 is 0 Å². The summed E-state index contributed by atoms with van der Waals surface area (Å²) in [6.07, 6.45) is -1.26. The summed E-state index contributed by atoms with van der Waals surface area (Å²) in [7, 11) is 0.101. The number of fused-ring (bicyclic) bond motifs is 1. The van der Waals surface area contributed by atoms with Gasteiger partial charge in [0.25, 0.3) is 0 Å². The van der Waals surface area contributed by atoms with Crippen LogP contribution in [-0.4, -0.2) is 45.9 Å². The van der Waals surface area contributed by atoms with Crippen LogP contribution in [0.1, 0.15) is 16.6 Å². The maximum atomic E-state index is 11.9. The molecule has 5 nitrogen and oxygen atoms in total. The molecular weight excluding hydrogens is 274 g/mol. The molecule has 2 aromatic rings. The fourth-order valence-corrected chi connectivity index (χ4v) is 2.48. The van der Waals surface area contributed by atoms with Gasteiger partial charge in [-0.25, -0.2) is 13.1 Å². The van der Waals surface area contributed by atoms with Crippen LogP contribution in [0.5, 0.6) is 0 Å². The van der Waals surface area contributed by atoms with Gasteiger partial charge in [0.15, 0.2) is 1.41 Å². The lowest BCUT2D eigenvalue weighted by atomic mass is 10.1. The predicted molar refractivity (Wildman–Crippen MR) is 82.2 cm³/mol. The second kappa shape index (κ2) is 5.95. The molecule has 110 valence electrons. The van der Waals surface area contributed by atoms with Crippen molar-refractivity contribution in [3.05, 3.63) is 35.5 Å². The van der Waals surface area contributed by atoms with Crippen molar-refractivity contribution in [1.29, 1.82) is 0 Å². The van der Waals surface area contributed by atoms with Gasteiger partial charge in [0.1, 0.15) is 1.41 Å². The van der Waals surface area contributed by atoms with E-state index in [0.29, 0.717) is 15.8 Å². The Labute approximate surface area is 128 Å². The van der Waals surface area contributed by atoms with Crippen LogP contribution in [0, 0.1) is 0 Å². The van der Waals surface area contributed by atoms with E-state index in [2.05, 4.69) is 0 Å². The fraction of sp³-hybridized carbons (Fsp3) is 0.429. The minimum absolute atomic E-state index is 0.0420. The van der Waals surface area contributed by atoms with Crippen LogP contribution < -0.4 is 4.72 Å². The Balaban J connectivity index is 2.64. The van der Waals surface area contributed by atoms with E-state index in [-0.39, 0.29) is 10.9 Å². The monoisotopic (exact) mass is 301 g/mol. The highest BCUT2D eigenvalue weighted by Gasteiger charge is 2.11. The van der Waals surface area contributed by atoms with E-state index in [9.17, 15) is 8.42 Å². The smallest absolute Gasteiger partial charge is 0.215 e. The summed E-state index contributed by atoms with van der Waals surface area (Å²) in [6, 6.07) is 4.41. The third-order valence-electron chi connectivity index (χ3n) is 2.73. The second-order valence-electron chi connectivity index (χ2n) is 4.56. The normalized spacial score (nSPS) is 18.4. The third-order valence-corrected chi connectivity index (χ3v) is 3.98. The summed E-state index contributed by atoms with van der Waals surface area (Å²) < 4.78 is 72.2. The maximum absolute atomic E-state index is 11.9. The molecule has 0 aliphatic rings. The van der Waals surface area contributed by atoms with Gasteiger partial charge in [0.2, 0.25) is 10.0 Å². The lowest BCUT2D eigenvalue weighted by Gasteiger charge is -2.08.